The van der Waals surface area contributed by atoms with Crippen LogP contribution >= 0.6 is 23.2 Å². The summed E-state index contributed by atoms with van der Waals surface area (Å²) in [7, 11) is 0. The van der Waals surface area contributed by atoms with E-state index in [4.69, 9.17) is 28.5 Å². The van der Waals surface area contributed by atoms with Gasteiger partial charge in [-0.05, 0) is 37.1 Å². The topological polar surface area (TPSA) is 35.8 Å². The number of rotatable bonds is 1. The minimum absolute atomic E-state index is 0.140. The molecule has 1 aliphatic heterocycles. The highest BCUT2D eigenvalue weighted by Gasteiger charge is 2.22. The maximum atomic E-state index is 8.93. The Labute approximate surface area is 105 Å². The minimum Gasteiger partial charge on any atom is -0.310 e. The average Bonchev–Trinajstić information content (AvgIpc) is 2.33. The van der Waals surface area contributed by atoms with E-state index in [1.54, 1.807) is 6.07 Å². The van der Waals surface area contributed by atoms with Crippen molar-refractivity contribution in [3.63, 3.8) is 0 Å². The van der Waals surface area contributed by atoms with Crippen molar-refractivity contribution in [3.8, 4) is 6.07 Å². The Morgan fingerprint density at radius 2 is 2.12 bits per heavy atom. The number of benzene rings is 1. The van der Waals surface area contributed by atoms with Crippen molar-refractivity contribution in [1.29, 1.82) is 5.26 Å². The summed E-state index contributed by atoms with van der Waals surface area (Å²) < 4.78 is 0. The molecule has 0 saturated carbocycles. The third-order valence-electron chi connectivity index (χ3n) is 2.93. The fourth-order valence-corrected chi connectivity index (χ4v) is 2.32. The Morgan fingerprint density at radius 1 is 1.31 bits per heavy atom. The number of hydrogen-bond acceptors (Lipinski definition) is 2. The number of piperidine rings is 1. The Bertz CT molecular complexity index is 426. The molecular formula is C12H12Cl2N2. The quantitative estimate of drug-likeness (QED) is 0.832. The smallest absolute Gasteiger partial charge is 0.0657 e. The molecular weight excluding hydrogens is 243 g/mol. The second-order valence-corrected chi connectivity index (χ2v) is 4.85. The number of hydrogen-bond donors (Lipinski definition) is 1. The van der Waals surface area contributed by atoms with Gasteiger partial charge in [-0.15, -0.1) is 0 Å². The van der Waals surface area contributed by atoms with Gasteiger partial charge in [0.2, 0.25) is 0 Å². The molecule has 0 radical (unpaired) electrons. The van der Waals surface area contributed by atoms with E-state index >= 15 is 0 Å². The highest BCUT2D eigenvalue weighted by Crippen LogP contribution is 2.30. The maximum absolute atomic E-state index is 8.93. The molecule has 1 fully saturated rings. The molecule has 1 N–H and O–H groups in total. The van der Waals surface area contributed by atoms with Crippen LogP contribution in [0.25, 0.3) is 0 Å². The Kier molecular flexibility index (Phi) is 3.70. The molecule has 0 aliphatic carbocycles. The fourth-order valence-electron chi connectivity index (χ4n) is 2.02. The second kappa shape index (κ2) is 5.05. The van der Waals surface area contributed by atoms with Gasteiger partial charge >= 0.3 is 0 Å². The molecule has 4 heteroatoms. The van der Waals surface area contributed by atoms with Crippen molar-refractivity contribution in [1.82, 2.24) is 5.32 Å². The van der Waals surface area contributed by atoms with Crippen LogP contribution in [-0.2, 0) is 0 Å². The first kappa shape index (κ1) is 11.7. The zero-order valence-electron chi connectivity index (χ0n) is 8.71. The van der Waals surface area contributed by atoms with Gasteiger partial charge in [0.1, 0.15) is 0 Å². The third-order valence-corrected chi connectivity index (χ3v) is 3.67. The lowest BCUT2D eigenvalue weighted by Crippen LogP contribution is -2.31. The second-order valence-electron chi connectivity index (χ2n) is 4.03. The molecule has 1 heterocycles. The molecule has 2 nitrogen and oxygen atoms in total. The van der Waals surface area contributed by atoms with Gasteiger partial charge in [-0.25, -0.2) is 0 Å². The van der Waals surface area contributed by atoms with E-state index in [0.717, 1.165) is 24.9 Å². The van der Waals surface area contributed by atoms with Crippen LogP contribution in [0, 0.1) is 17.2 Å². The third kappa shape index (κ3) is 2.49. The van der Waals surface area contributed by atoms with Crippen LogP contribution in [0.5, 0.6) is 0 Å². The van der Waals surface area contributed by atoms with Crippen LogP contribution < -0.4 is 5.32 Å². The zero-order valence-corrected chi connectivity index (χ0v) is 10.2. The van der Waals surface area contributed by atoms with Gasteiger partial charge in [0.25, 0.3) is 0 Å². The van der Waals surface area contributed by atoms with Crippen molar-refractivity contribution in [2.24, 2.45) is 5.92 Å². The number of halogens is 2. The summed E-state index contributed by atoms with van der Waals surface area (Å²) in [5, 5.41) is 13.5. The molecule has 1 aromatic rings. The summed E-state index contributed by atoms with van der Waals surface area (Å²) in [6, 6.07) is 8.19. The number of nitriles is 1. The van der Waals surface area contributed by atoms with Crippen LogP contribution in [0.3, 0.4) is 0 Å². The minimum atomic E-state index is 0.140. The maximum Gasteiger partial charge on any atom is 0.0657 e. The molecule has 1 aromatic carbocycles. The molecule has 84 valence electrons. The first-order valence-corrected chi connectivity index (χ1v) is 6.04. The van der Waals surface area contributed by atoms with Gasteiger partial charge in [-0.2, -0.15) is 5.26 Å². The van der Waals surface area contributed by atoms with Crippen molar-refractivity contribution >= 4 is 23.2 Å². The summed E-state index contributed by atoms with van der Waals surface area (Å²) in [6.45, 7) is 0.878. The standard InChI is InChI=1S/C12H12Cl2N2/c13-10-2-1-9(6-11(10)14)12-5-8(7-15)3-4-16-12/h1-2,6,8,12,16H,3-5H2. The van der Waals surface area contributed by atoms with E-state index in [1.165, 1.54) is 0 Å². The molecule has 0 aromatic heterocycles. The van der Waals surface area contributed by atoms with Gasteiger partial charge < -0.3 is 5.32 Å². The van der Waals surface area contributed by atoms with E-state index < -0.39 is 0 Å². The molecule has 16 heavy (non-hydrogen) atoms. The number of nitrogens with one attached hydrogen (secondary N) is 1. The van der Waals surface area contributed by atoms with E-state index in [-0.39, 0.29) is 12.0 Å². The van der Waals surface area contributed by atoms with Gasteiger partial charge in [0.05, 0.1) is 16.1 Å². The normalized spacial score (nSPS) is 25.1. The van der Waals surface area contributed by atoms with Gasteiger partial charge in [0, 0.05) is 12.0 Å². The largest absolute Gasteiger partial charge is 0.310 e. The van der Waals surface area contributed by atoms with Crippen molar-refractivity contribution in [3.05, 3.63) is 33.8 Å². The van der Waals surface area contributed by atoms with Crippen LogP contribution in [0.2, 0.25) is 10.0 Å². The van der Waals surface area contributed by atoms with Crippen LogP contribution in [-0.4, -0.2) is 6.54 Å². The van der Waals surface area contributed by atoms with Gasteiger partial charge in [-0.3, -0.25) is 0 Å². The fraction of sp³-hybridized carbons (Fsp3) is 0.417. The molecule has 0 amide bonds. The average molecular weight is 255 g/mol. The Balaban J connectivity index is 2.17. The first-order chi connectivity index (χ1) is 7.70. The molecule has 0 bridgehead atoms. The number of nitrogens with zero attached hydrogens (tertiary/aromatic N) is 1. The Hall–Kier alpha value is -0.750. The predicted octanol–water partition coefficient (Wildman–Crippen LogP) is 3.56. The highest BCUT2D eigenvalue weighted by molar-refractivity contribution is 6.42. The molecule has 1 saturated heterocycles. The molecule has 0 spiro atoms. The van der Waals surface area contributed by atoms with Gasteiger partial charge in [0.15, 0.2) is 0 Å². The monoisotopic (exact) mass is 254 g/mol. The summed E-state index contributed by atoms with van der Waals surface area (Å²) in [5.74, 6) is 0.140. The SMILES string of the molecule is N#CC1CCNC(c2ccc(Cl)c(Cl)c2)C1. The zero-order chi connectivity index (χ0) is 11.5. The lowest BCUT2D eigenvalue weighted by atomic mass is 9.90. The lowest BCUT2D eigenvalue weighted by Gasteiger charge is -2.27. The van der Waals surface area contributed by atoms with Crippen LogP contribution in [0.4, 0.5) is 0 Å². The van der Waals surface area contributed by atoms with E-state index in [1.807, 2.05) is 12.1 Å². The molecule has 1 aliphatic rings. The molecule has 2 rings (SSSR count). The van der Waals surface area contributed by atoms with E-state index in [2.05, 4.69) is 11.4 Å². The predicted molar refractivity (Wildman–Crippen MR) is 65.5 cm³/mol. The Morgan fingerprint density at radius 3 is 2.81 bits per heavy atom. The first-order valence-electron chi connectivity index (χ1n) is 5.28. The van der Waals surface area contributed by atoms with E-state index in [9.17, 15) is 0 Å². The van der Waals surface area contributed by atoms with Crippen molar-refractivity contribution < 1.29 is 0 Å². The summed E-state index contributed by atoms with van der Waals surface area (Å²) in [5.41, 5.74) is 1.11. The van der Waals surface area contributed by atoms with Gasteiger partial charge in [-0.1, -0.05) is 29.3 Å². The van der Waals surface area contributed by atoms with Crippen molar-refractivity contribution in [2.45, 2.75) is 18.9 Å². The summed E-state index contributed by atoms with van der Waals surface area (Å²) in [6.07, 6.45) is 1.77. The highest BCUT2D eigenvalue weighted by atomic mass is 35.5. The molecule has 2 unspecified atom stereocenters. The summed E-state index contributed by atoms with van der Waals surface area (Å²) in [4.78, 5) is 0. The lowest BCUT2D eigenvalue weighted by molar-refractivity contribution is 0.356. The summed E-state index contributed by atoms with van der Waals surface area (Å²) >= 11 is 11.8. The van der Waals surface area contributed by atoms with E-state index in [0.29, 0.717) is 10.0 Å². The molecule has 2 atom stereocenters. The van der Waals surface area contributed by atoms with Crippen LogP contribution in [0.1, 0.15) is 24.4 Å². The van der Waals surface area contributed by atoms with Crippen molar-refractivity contribution in [2.75, 3.05) is 6.54 Å². The van der Waals surface area contributed by atoms with Crippen LogP contribution in [0.15, 0.2) is 18.2 Å².